The van der Waals surface area contributed by atoms with Gasteiger partial charge < -0.3 is 14.5 Å². The monoisotopic (exact) mass is 440 g/mol. The van der Waals surface area contributed by atoms with Crippen LogP contribution in [0.3, 0.4) is 0 Å². The molecule has 164 valence electrons. The van der Waals surface area contributed by atoms with Crippen LogP contribution in [0.4, 0.5) is 10.6 Å². The van der Waals surface area contributed by atoms with Crippen molar-refractivity contribution >= 4 is 34.0 Å². The quantitative estimate of drug-likeness (QED) is 0.630. The molecule has 3 aromatic rings. The number of likely N-dealkylation sites (N-methyl/N-ethyl adjacent to an activating group) is 1. The lowest BCUT2D eigenvalue weighted by molar-refractivity contribution is 0.106. The normalized spacial score (nSPS) is 15.0. The number of methoxy groups -OCH3 is 1. The highest BCUT2D eigenvalue weighted by Gasteiger charge is 2.25. The molecule has 2 aromatic heterocycles. The van der Waals surface area contributed by atoms with Gasteiger partial charge in [0.1, 0.15) is 15.8 Å². The minimum absolute atomic E-state index is 0.0965. The van der Waals surface area contributed by atoms with Crippen molar-refractivity contribution in [2.75, 3.05) is 45.7 Å². The van der Waals surface area contributed by atoms with E-state index in [0.717, 1.165) is 65.4 Å². The summed E-state index contributed by atoms with van der Waals surface area (Å²) in [6, 6.07) is 8.41. The summed E-state index contributed by atoms with van der Waals surface area (Å²) in [5.74, 6) is 0.558. The molecule has 0 saturated carbocycles. The zero-order valence-electron chi connectivity index (χ0n) is 18.2. The van der Waals surface area contributed by atoms with Crippen molar-refractivity contribution in [3.05, 3.63) is 35.5 Å². The molecule has 31 heavy (non-hydrogen) atoms. The van der Waals surface area contributed by atoms with Crippen molar-refractivity contribution in [3.8, 4) is 10.6 Å². The number of piperidine rings is 1. The lowest BCUT2D eigenvalue weighted by atomic mass is 10.0. The summed E-state index contributed by atoms with van der Waals surface area (Å²) < 4.78 is 5.16. The summed E-state index contributed by atoms with van der Waals surface area (Å²) in [5, 5.41) is 15.1. The van der Waals surface area contributed by atoms with E-state index in [-0.39, 0.29) is 6.03 Å². The van der Waals surface area contributed by atoms with Crippen LogP contribution >= 0.6 is 11.3 Å². The van der Waals surface area contributed by atoms with Crippen molar-refractivity contribution in [1.82, 2.24) is 25.0 Å². The molecule has 0 radical (unpaired) electrons. The van der Waals surface area contributed by atoms with Gasteiger partial charge >= 0.3 is 6.03 Å². The number of nitrogens with one attached hydrogen (secondary N) is 1. The van der Waals surface area contributed by atoms with E-state index in [0.29, 0.717) is 11.9 Å². The number of ether oxygens (including phenoxy) is 1. The fourth-order valence-electron chi connectivity index (χ4n) is 3.87. The maximum absolute atomic E-state index is 12.8. The van der Waals surface area contributed by atoms with Crippen molar-refractivity contribution in [3.63, 3.8) is 0 Å². The Bertz CT molecular complexity index is 1050. The molecule has 1 saturated heterocycles. The zero-order chi connectivity index (χ0) is 21.8. The third-order valence-corrected chi connectivity index (χ3v) is 6.64. The number of rotatable bonds is 6. The van der Waals surface area contributed by atoms with Gasteiger partial charge in [-0.2, -0.15) is 0 Å². The van der Waals surface area contributed by atoms with Gasteiger partial charge in [-0.1, -0.05) is 23.5 Å². The Balaban J connectivity index is 1.39. The first-order valence-corrected chi connectivity index (χ1v) is 11.3. The molecule has 0 spiro atoms. The number of carbonyl (C=O) groups is 1. The summed E-state index contributed by atoms with van der Waals surface area (Å²) in [6.07, 6.45) is 3.71. The van der Waals surface area contributed by atoms with Crippen molar-refractivity contribution in [1.29, 1.82) is 0 Å². The first-order chi connectivity index (χ1) is 15.0. The molecule has 1 N–H and O–H groups in total. The molecule has 0 bridgehead atoms. The van der Waals surface area contributed by atoms with Gasteiger partial charge in [0.15, 0.2) is 0 Å². The SMILES string of the molecule is COCCN(C)C1CCN(C(=O)Nc2cc3cc(-c4nnc(C)s4)ccc3cn2)CC1. The van der Waals surface area contributed by atoms with Gasteiger partial charge in [-0.25, -0.2) is 9.78 Å². The van der Waals surface area contributed by atoms with Gasteiger partial charge in [0, 0.05) is 49.9 Å². The molecule has 0 atom stereocenters. The molecule has 1 aliphatic heterocycles. The first kappa shape index (κ1) is 21.6. The summed E-state index contributed by atoms with van der Waals surface area (Å²) in [4.78, 5) is 21.4. The third-order valence-electron chi connectivity index (χ3n) is 5.75. The van der Waals surface area contributed by atoms with Crippen LogP contribution in [0.25, 0.3) is 21.3 Å². The summed E-state index contributed by atoms with van der Waals surface area (Å²) >= 11 is 1.56. The zero-order valence-corrected chi connectivity index (χ0v) is 19.0. The Morgan fingerprint density at radius 1 is 1.26 bits per heavy atom. The van der Waals surface area contributed by atoms with Gasteiger partial charge in [0.05, 0.1) is 6.61 Å². The maximum Gasteiger partial charge on any atom is 0.323 e. The van der Waals surface area contributed by atoms with Crippen LogP contribution in [0, 0.1) is 6.92 Å². The number of hydrogen-bond acceptors (Lipinski definition) is 7. The maximum atomic E-state index is 12.8. The minimum atomic E-state index is -0.0965. The van der Waals surface area contributed by atoms with E-state index in [1.807, 2.05) is 30.0 Å². The fourth-order valence-corrected chi connectivity index (χ4v) is 4.56. The molecule has 8 nitrogen and oxygen atoms in total. The van der Waals surface area contributed by atoms with Crippen LogP contribution in [0.5, 0.6) is 0 Å². The van der Waals surface area contributed by atoms with Gasteiger partial charge in [-0.05, 0) is 44.3 Å². The fraction of sp³-hybridized carbons (Fsp3) is 0.455. The van der Waals surface area contributed by atoms with E-state index >= 15 is 0 Å². The topological polar surface area (TPSA) is 83.5 Å². The molecule has 4 rings (SSSR count). The molecule has 2 amide bonds. The summed E-state index contributed by atoms with van der Waals surface area (Å²) in [5.41, 5.74) is 1.02. The van der Waals surface area contributed by atoms with Crippen LogP contribution in [0.15, 0.2) is 30.5 Å². The van der Waals surface area contributed by atoms with Crippen LogP contribution in [0.1, 0.15) is 17.8 Å². The number of fused-ring (bicyclic) bond motifs is 1. The number of likely N-dealkylation sites (tertiary alicyclic amines) is 1. The number of carbonyl (C=O) groups excluding carboxylic acids is 1. The molecular formula is C22H28N6O2S. The number of amides is 2. The van der Waals surface area contributed by atoms with Crippen LogP contribution < -0.4 is 5.32 Å². The van der Waals surface area contributed by atoms with E-state index in [1.165, 1.54) is 0 Å². The molecule has 1 aliphatic rings. The number of urea groups is 1. The predicted molar refractivity (Wildman–Crippen MR) is 124 cm³/mol. The second-order valence-electron chi connectivity index (χ2n) is 7.88. The molecule has 1 aromatic carbocycles. The number of pyridine rings is 1. The van der Waals surface area contributed by atoms with Crippen molar-refractivity contribution < 1.29 is 9.53 Å². The first-order valence-electron chi connectivity index (χ1n) is 10.5. The summed E-state index contributed by atoms with van der Waals surface area (Å²) in [7, 11) is 3.84. The van der Waals surface area contributed by atoms with E-state index in [9.17, 15) is 4.79 Å². The number of anilines is 1. The lowest BCUT2D eigenvalue weighted by Gasteiger charge is -2.36. The van der Waals surface area contributed by atoms with Gasteiger partial charge in [0.25, 0.3) is 0 Å². The molecule has 9 heteroatoms. The number of hydrogen-bond donors (Lipinski definition) is 1. The molecule has 0 aliphatic carbocycles. The average molecular weight is 441 g/mol. The number of aromatic nitrogens is 3. The number of aryl methyl sites for hydroxylation is 1. The highest BCUT2D eigenvalue weighted by atomic mass is 32.1. The average Bonchev–Trinajstić information content (AvgIpc) is 3.23. The highest BCUT2D eigenvalue weighted by Crippen LogP contribution is 2.27. The van der Waals surface area contributed by atoms with E-state index < -0.39 is 0 Å². The Morgan fingerprint density at radius 3 is 2.77 bits per heavy atom. The highest BCUT2D eigenvalue weighted by molar-refractivity contribution is 7.14. The van der Waals surface area contributed by atoms with Crippen LogP contribution in [0.2, 0.25) is 0 Å². The smallest absolute Gasteiger partial charge is 0.323 e. The Kier molecular flexibility index (Phi) is 6.74. The van der Waals surface area contributed by atoms with Gasteiger partial charge in [0.2, 0.25) is 0 Å². The Morgan fingerprint density at radius 2 is 2.06 bits per heavy atom. The second kappa shape index (κ2) is 9.67. The molecule has 1 fully saturated rings. The summed E-state index contributed by atoms with van der Waals surface area (Å²) in [6.45, 7) is 5.06. The molecular weight excluding hydrogens is 412 g/mol. The van der Waals surface area contributed by atoms with Crippen LogP contribution in [-0.4, -0.2) is 77.5 Å². The van der Waals surface area contributed by atoms with E-state index in [1.54, 1.807) is 24.6 Å². The number of benzene rings is 1. The predicted octanol–water partition coefficient (Wildman–Crippen LogP) is 3.64. The minimum Gasteiger partial charge on any atom is -0.383 e. The van der Waals surface area contributed by atoms with Crippen LogP contribution in [-0.2, 0) is 4.74 Å². The van der Waals surface area contributed by atoms with Crippen molar-refractivity contribution in [2.24, 2.45) is 0 Å². The standard InChI is InChI=1S/C22H28N6O2S/c1-15-25-26-21(31-15)16-4-5-17-14-23-20(13-18(17)12-16)24-22(29)28-8-6-19(7-9-28)27(2)10-11-30-3/h4-5,12-14,19H,6-11H2,1-3H3,(H,23,24,29). The number of nitrogens with zero attached hydrogens (tertiary/aromatic N) is 5. The van der Waals surface area contributed by atoms with E-state index in [2.05, 4.69) is 38.5 Å². The van der Waals surface area contributed by atoms with Gasteiger partial charge in [-0.3, -0.25) is 5.32 Å². The lowest BCUT2D eigenvalue weighted by Crippen LogP contribution is -2.47. The van der Waals surface area contributed by atoms with Crippen molar-refractivity contribution in [2.45, 2.75) is 25.8 Å². The Hall–Kier alpha value is -2.62. The van der Waals surface area contributed by atoms with E-state index in [4.69, 9.17) is 4.74 Å². The molecule has 0 unspecified atom stereocenters. The Labute approximate surface area is 186 Å². The molecule has 3 heterocycles. The van der Waals surface area contributed by atoms with Gasteiger partial charge in [-0.15, -0.1) is 10.2 Å². The second-order valence-corrected chi connectivity index (χ2v) is 9.06. The largest absolute Gasteiger partial charge is 0.383 e. The third kappa shape index (κ3) is 5.17.